The van der Waals surface area contributed by atoms with Crippen molar-refractivity contribution in [2.45, 2.75) is 414 Å². The Labute approximate surface area is 594 Å². The van der Waals surface area contributed by atoms with Gasteiger partial charge in [0.05, 0.1) is 26.4 Å². The zero-order valence-electron chi connectivity index (χ0n) is 63.7. The normalized spacial score (nSPS) is 14.1. The number of ether oxygens (including phenoxy) is 4. The molecule has 0 heterocycles. The number of phosphoric acid groups is 2. The fraction of sp³-hybridized carbons (Fsp3) is 0.949. The van der Waals surface area contributed by atoms with Gasteiger partial charge in [0.1, 0.15) is 19.3 Å². The van der Waals surface area contributed by atoms with Crippen molar-refractivity contribution in [2.75, 3.05) is 39.6 Å². The Morgan fingerprint density at radius 2 is 0.433 bits per heavy atom. The Kier molecular flexibility index (Phi) is 65.9. The molecule has 0 aliphatic heterocycles. The molecule has 0 aliphatic carbocycles. The molecule has 3 N–H and O–H groups in total. The van der Waals surface area contributed by atoms with Crippen LogP contribution in [0.5, 0.6) is 0 Å². The summed E-state index contributed by atoms with van der Waals surface area (Å²) in [6, 6.07) is 0. The van der Waals surface area contributed by atoms with Crippen LogP contribution in [0.2, 0.25) is 0 Å². The molecule has 0 saturated heterocycles. The second kappa shape index (κ2) is 67.2. The van der Waals surface area contributed by atoms with E-state index in [-0.39, 0.29) is 25.7 Å². The van der Waals surface area contributed by atoms with E-state index in [4.69, 9.17) is 37.0 Å². The van der Waals surface area contributed by atoms with Crippen LogP contribution in [0.3, 0.4) is 0 Å². The van der Waals surface area contributed by atoms with Crippen molar-refractivity contribution in [3.8, 4) is 0 Å². The Bertz CT molecular complexity index is 1900. The van der Waals surface area contributed by atoms with Crippen molar-refractivity contribution in [1.82, 2.24) is 0 Å². The van der Waals surface area contributed by atoms with Gasteiger partial charge >= 0.3 is 39.5 Å². The lowest BCUT2D eigenvalue weighted by molar-refractivity contribution is -0.161. The summed E-state index contributed by atoms with van der Waals surface area (Å²) >= 11 is 0. The van der Waals surface area contributed by atoms with E-state index in [1.54, 1.807) is 0 Å². The predicted octanol–water partition coefficient (Wildman–Crippen LogP) is 22.8. The van der Waals surface area contributed by atoms with Crippen LogP contribution in [0.1, 0.15) is 396 Å². The van der Waals surface area contributed by atoms with Crippen molar-refractivity contribution >= 4 is 39.5 Å². The highest BCUT2D eigenvalue weighted by Gasteiger charge is 2.30. The summed E-state index contributed by atoms with van der Waals surface area (Å²) in [5.41, 5.74) is 0. The maximum absolute atomic E-state index is 13.1. The van der Waals surface area contributed by atoms with Gasteiger partial charge in [0, 0.05) is 25.7 Å². The van der Waals surface area contributed by atoms with Crippen LogP contribution in [-0.2, 0) is 65.4 Å². The zero-order valence-corrected chi connectivity index (χ0v) is 65.5. The van der Waals surface area contributed by atoms with Crippen molar-refractivity contribution in [3.63, 3.8) is 0 Å². The minimum atomic E-state index is -4.96. The van der Waals surface area contributed by atoms with Crippen molar-refractivity contribution in [3.05, 3.63) is 0 Å². The second-order valence-corrected chi connectivity index (χ2v) is 32.9. The molecule has 0 amide bonds. The summed E-state index contributed by atoms with van der Waals surface area (Å²) in [4.78, 5) is 72.9. The Balaban J connectivity index is 5.22. The molecular weight excluding hydrogens is 1270 g/mol. The minimum absolute atomic E-state index is 0.106. The molecule has 0 aliphatic rings. The SMILES string of the molecule is CC(C)CCCCCCCCCCCCCCCCCC(=O)O[C@H](COC(=O)CCCCCCCCC(C)C)COP(=O)(O)OCC(O)COP(=O)(O)OC[C@@H](COC(=O)CCCCCCCCCCCCC(C)C)OC(=O)CCCCCCCCCCCCCCCCC(C)C. The van der Waals surface area contributed by atoms with Crippen LogP contribution < -0.4 is 0 Å². The van der Waals surface area contributed by atoms with Crippen molar-refractivity contribution in [1.29, 1.82) is 0 Å². The number of carbonyl (C=O) groups is 4. The number of aliphatic hydroxyl groups is 1. The van der Waals surface area contributed by atoms with Gasteiger partial charge in [-0.15, -0.1) is 0 Å². The Hall–Kier alpha value is -1.94. The van der Waals surface area contributed by atoms with Crippen LogP contribution in [0.25, 0.3) is 0 Å². The fourth-order valence-electron chi connectivity index (χ4n) is 11.9. The summed E-state index contributed by atoms with van der Waals surface area (Å²) < 4.78 is 68.6. The van der Waals surface area contributed by atoms with E-state index in [1.165, 1.54) is 193 Å². The second-order valence-electron chi connectivity index (χ2n) is 30.0. The molecule has 17 nitrogen and oxygen atoms in total. The minimum Gasteiger partial charge on any atom is -0.462 e. The van der Waals surface area contributed by atoms with Gasteiger partial charge in [0.15, 0.2) is 12.2 Å². The number of hydrogen-bond acceptors (Lipinski definition) is 15. The first-order valence-electron chi connectivity index (χ1n) is 40.2. The molecule has 0 fully saturated rings. The molecule has 576 valence electrons. The Morgan fingerprint density at radius 1 is 0.258 bits per heavy atom. The maximum atomic E-state index is 13.1. The Morgan fingerprint density at radius 3 is 0.639 bits per heavy atom. The highest BCUT2D eigenvalue weighted by atomic mass is 31.2. The largest absolute Gasteiger partial charge is 0.472 e. The van der Waals surface area contributed by atoms with Crippen LogP contribution in [0, 0.1) is 23.7 Å². The topological polar surface area (TPSA) is 237 Å². The van der Waals surface area contributed by atoms with Crippen LogP contribution in [0.15, 0.2) is 0 Å². The molecule has 0 aromatic rings. The van der Waals surface area contributed by atoms with Gasteiger partial charge in [0.2, 0.25) is 0 Å². The summed E-state index contributed by atoms with van der Waals surface area (Å²) in [6.07, 6.45) is 52.9. The van der Waals surface area contributed by atoms with Crippen LogP contribution in [-0.4, -0.2) is 96.7 Å². The smallest absolute Gasteiger partial charge is 0.462 e. The van der Waals surface area contributed by atoms with E-state index in [2.05, 4.69) is 55.4 Å². The lowest BCUT2D eigenvalue weighted by Crippen LogP contribution is -2.30. The number of rotatable bonds is 75. The number of unbranched alkanes of at least 4 members (excludes halogenated alkanes) is 41. The van der Waals surface area contributed by atoms with Gasteiger partial charge in [-0.1, -0.05) is 344 Å². The molecule has 0 aromatic carbocycles. The van der Waals surface area contributed by atoms with Gasteiger partial charge in [-0.05, 0) is 49.4 Å². The lowest BCUT2D eigenvalue weighted by Gasteiger charge is -2.21. The molecule has 0 radical (unpaired) electrons. The fourth-order valence-corrected chi connectivity index (χ4v) is 13.5. The third kappa shape index (κ3) is 72.2. The summed E-state index contributed by atoms with van der Waals surface area (Å²) in [5.74, 6) is 0.916. The molecule has 0 spiro atoms. The molecular formula is C78H152O17P2. The first-order chi connectivity index (χ1) is 46.6. The van der Waals surface area contributed by atoms with Gasteiger partial charge in [0.25, 0.3) is 0 Å². The van der Waals surface area contributed by atoms with E-state index in [1.807, 2.05) is 0 Å². The lowest BCUT2D eigenvalue weighted by atomic mass is 10.0. The molecule has 0 aromatic heterocycles. The van der Waals surface area contributed by atoms with E-state index in [0.717, 1.165) is 114 Å². The van der Waals surface area contributed by atoms with Crippen molar-refractivity contribution < 1.29 is 80.2 Å². The highest BCUT2D eigenvalue weighted by molar-refractivity contribution is 7.47. The number of aliphatic hydroxyl groups excluding tert-OH is 1. The average molecular weight is 1420 g/mol. The van der Waals surface area contributed by atoms with E-state index in [9.17, 15) is 43.2 Å². The van der Waals surface area contributed by atoms with E-state index >= 15 is 0 Å². The monoisotopic (exact) mass is 1420 g/mol. The number of carbonyl (C=O) groups excluding carboxylic acids is 4. The molecule has 0 bridgehead atoms. The highest BCUT2D eigenvalue weighted by Crippen LogP contribution is 2.45. The van der Waals surface area contributed by atoms with Crippen LogP contribution in [0.4, 0.5) is 0 Å². The van der Waals surface area contributed by atoms with E-state index in [0.29, 0.717) is 31.6 Å². The molecule has 19 heteroatoms. The van der Waals surface area contributed by atoms with Gasteiger partial charge in [-0.2, -0.15) is 0 Å². The predicted molar refractivity (Wildman–Crippen MR) is 395 cm³/mol. The van der Waals surface area contributed by atoms with Crippen LogP contribution >= 0.6 is 15.6 Å². The summed E-state index contributed by atoms with van der Waals surface area (Å²) in [6.45, 7) is 14.2. The van der Waals surface area contributed by atoms with Gasteiger partial charge in [-0.3, -0.25) is 37.3 Å². The van der Waals surface area contributed by atoms with Gasteiger partial charge < -0.3 is 33.8 Å². The molecule has 0 saturated carbocycles. The zero-order chi connectivity index (χ0) is 71.7. The standard InChI is InChI=1S/C78H152O17P2/c1-68(2)54-46-38-30-24-18-14-10-9-11-16-20-28-34-44-52-61-78(83)95-74(65-89-76(81)59-51-43-37-36-41-49-57-71(7)8)67-93-97(86,87)91-63-72(79)62-90-96(84,85)92-66-73(64-88-75(80)58-50-42-33-27-23-22-26-32-40-48-56-70(5)6)94-77(82)60-53-45-35-29-21-17-13-12-15-19-25-31-39-47-55-69(3)4/h68-74,79H,9-67H2,1-8H3,(H,84,85)(H,86,87)/t72?,73-,74-/m1/s1. The first-order valence-corrected chi connectivity index (χ1v) is 43.2. The van der Waals surface area contributed by atoms with Gasteiger partial charge in [-0.25, -0.2) is 9.13 Å². The third-order valence-corrected chi connectivity index (χ3v) is 20.0. The number of phosphoric ester groups is 2. The molecule has 97 heavy (non-hydrogen) atoms. The summed E-state index contributed by atoms with van der Waals surface area (Å²) in [7, 11) is -9.92. The van der Waals surface area contributed by atoms with Crippen molar-refractivity contribution in [2.24, 2.45) is 23.7 Å². The average Bonchev–Trinajstić information content (AvgIpc) is 1.77. The maximum Gasteiger partial charge on any atom is 0.472 e. The third-order valence-electron chi connectivity index (χ3n) is 18.1. The number of hydrogen-bond donors (Lipinski definition) is 3. The molecule has 5 atom stereocenters. The van der Waals surface area contributed by atoms with E-state index < -0.39 is 97.5 Å². The summed E-state index contributed by atoms with van der Waals surface area (Å²) in [5, 5.41) is 10.6. The quantitative estimate of drug-likeness (QED) is 0.0222. The first kappa shape index (κ1) is 95.1. The number of esters is 4. The molecule has 3 unspecified atom stereocenters. The molecule has 0 rings (SSSR count).